The predicted octanol–water partition coefficient (Wildman–Crippen LogP) is 4.65. The number of anilines is 1. The first-order valence-corrected chi connectivity index (χ1v) is 8.08. The van der Waals surface area contributed by atoms with Crippen LogP contribution in [0.5, 0.6) is 5.75 Å². The van der Waals surface area contributed by atoms with Crippen LogP contribution in [0.2, 0.25) is 0 Å². The molecule has 22 heavy (non-hydrogen) atoms. The second-order valence-electron chi connectivity index (χ2n) is 5.23. The molecule has 0 fully saturated rings. The summed E-state index contributed by atoms with van der Waals surface area (Å²) in [6, 6.07) is 11.8. The molecule has 0 aliphatic heterocycles. The lowest BCUT2D eigenvalue weighted by Crippen LogP contribution is -2.21. The van der Waals surface area contributed by atoms with Crippen molar-refractivity contribution in [2.24, 2.45) is 0 Å². The highest BCUT2D eigenvalue weighted by atomic mass is 79.9. The molecule has 3 nitrogen and oxygen atoms in total. The summed E-state index contributed by atoms with van der Waals surface area (Å²) in [5.74, 6) is 0.512. The number of ether oxygens (including phenoxy) is 1. The lowest BCUT2D eigenvalue weighted by atomic mass is 10.1. The van der Waals surface area contributed by atoms with Gasteiger partial charge in [-0.3, -0.25) is 4.79 Å². The molecule has 1 N–H and O–H groups in total. The zero-order chi connectivity index (χ0) is 16.1. The molecule has 2 rings (SSSR count). The standard InChI is InChI=1S/C18H20BrNO2/c1-4-14-7-5-6-13(3)18(14)20-17(21)11-22-16-9-8-12(2)10-15(16)19/h5-10H,4,11H2,1-3H3,(H,20,21). The SMILES string of the molecule is CCc1cccc(C)c1NC(=O)COc1ccc(C)cc1Br. The van der Waals surface area contributed by atoms with Gasteiger partial charge >= 0.3 is 0 Å². The Balaban J connectivity index is 2.02. The maximum atomic E-state index is 12.1. The maximum absolute atomic E-state index is 12.1. The maximum Gasteiger partial charge on any atom is 0.262 e. The summed E-state index contributed by atoms with van der Waals surface area (Å²) in [6.07, 6.45) is 0.877. The quantitative estimate of drug-likeness (QED) is 0.841. The number of amides is 1. The Morgan fingerprint density at radius 1 is 1.23 bits per heavy atom. The summed E-state index contributed by atoms with van der Waals surface area (Å²) in [5, 5.41) is 2.95. The van der Waals surface area contributed by atoms with Gasteiger partial charge in [-0.05, 0) is 65.0 Å². The highest BCUT2D eigenvalue weighted by Gasteiger charge is 2.10. The highest BCUT2D eigenvalue weighted by molar-refractivity contribution is 9.10. The van der Waals surface area contributed by atoms with E-state index in [4.69, 9.17) is 4.74 Å². The van der Waals surface area contributed by atoms with Gasteiger partial charge in [0, 0.05) is 5.69 Å². The Morgan fingerprint density at radius 2 is 2.00 bits per heavy atom. The minimum Gasteiger partial charge on any atom is -0.483 e. The van der Waals surface area contributed by atoms with Gasteiger partial charge in [-0.25, -0.2) is 0 Å². The Labute approximate surface area is 139 Å². The zero-order valence-corrected chi connectivity index (χ0v) is 14.7. The van der Waals surface area contributed by atoms with Crippen molar-refractivity contribution in [3.05, 3.63) is 57.6 Å². The lowest BCUT2D eigenvalue weighted by Gasteiger charge is -2.14. The van der Waals surface area contributed by atoms with Crippen molar-refractivity contribution in [3.8, 4) is 5.75 Å². The van der Waals surface area contributed by atoms with Gasteiger partial charge in [0.1, 0.15) is 5.75 Å². The summed E-state index contributed by atoms with van der Waals surface area (Å²) >= 11 is 3.44. The normalized spacial score (nSPS) is 10.4. The molecule has 0 aliphatic carbocycles. The number of rotatable bonds is 5. The van der Waals surface area contributed by atoms with Gasteiger partial charge in [-0.15, -0.1) is 0 Å². The average molecular weight is 362 g/mol. The molecular formula is C18H20BrNO2. The molecule has 0 unspecified atom stereocenters. The van der Waals surface area contributed by atoms with E-state index in [1.807, 2.05) is 50.2 Å². The smallest absolute Gasteiger partial charge is 0.262 e. The predicted molar refractivity (Wildman–Crippen MR) is 93.6 cm³/mol. The van der Waals surface area contributed by atoms with Crippen LogP contribution in [0.1, 0.15) is 23.6 Å². The van der Waals surface area contributed by atoms with E-state index >= 15 is 0 Å². The van der Waals surface area contributed by atoms with Crippen molar-refractivity contribution >= 4 is 27.5 Å². The molecule has 0 radical (unpaired) electrons. The molecule has 1 amide bonds. The van der Waals surface area contributed by atoms with Crippen molar-refractivity contribution in [2.45, 2.75) is 27.2 Å². The Bertz CT molecular complexity index is 683. The lowest BCUT2D eigenvalue weighted by molar-refractivity contribution is -0.118. The number of benzene rings is 2. The summed E-state index contributed by atoms with van der Waals surface area (Å²) in [6.45, 7) is 6.06. The second kappa shape index (κ2) is 7.45. The molecule has 2 aromatic rings. The Hall–Kier alpha value is -1.81. The van der Waals surface area contributed by atoms with Crippen molar-refractivity contribution < 1.29 is 9.53 Å². The minimum atomic E-state index is -0.156. The van der Waals surface area contributed by atoms with Gasteiger partial charge in [-0.1, -0.05) is 31.2 Å². The summed E-state index contributed by atoms with van der Waals surface area (Å²) in [4.78, 5) is 12.1. The molecule has 4 heteroatoms. The first-order valence-electron chi connectivity index (χ1n) is 7.28. The van der Waals surface area contributed by atoms with E-state index < -0.39 is 0 Å². The number of hydrogen-bond donors (Lipinski definition) is 1. The highest BCUT2D eigenvalue weighted by Crippen LogP contribution is 2.26. The van der Waals surface area contributed by atoms with Gasteiger partial charge in [0.25, 0.3) is 5.91 Å². The van der Waals surface area contributed by atoms with Crippen molar-refractivity contribution in [2.75, 3.05) is 11.9 Å². The fourth-order valence-electron chi connectivity index (χ4n) is 2.24. The van der Waals surface area contributed by atoms with Crippen molar-refractivity contribution in [1.29, 1.82) is 0 Å². The van der Waals surface area contributed by atoms with Crippen LogP contribution in [0.15, 0.2) is 40.9 Å². The summed E-state index contributed by atoms with van der Waals surface area (Å²) in [5.41, 5.74) is 4.21. The van der Waals surface area contributed by atoms with E-state index in [9.17, 15) is 4.79 Å². The van der Waals surface area contributed by atoms with Crippen LogP contribution in [0.25, 0.3) is 0 Å². The van der Waals surface area contributed by atoms with Crippen molar-refractivity contribution in [3.63, 3.8) is 0 Å². The van der Waals surface area contributed by atoms with Gasteiger partial charge < -0.3 is 10.1 Å². The minimum absolute atomic E-state index is 0.0147. The van der Waals surface area contributed by atoms with Crippen LogP contribution < -0.4 is 10.1 Å². The van der Waals surface area contributed by atoms with Gasteiger partial charge in [0.15, 0.2) is 6.61 Å². The molecule has 0 aliphatic rings. The van der Waals surface area contributed by atoms with Gasteiger partial charge in [0.05, 0.1) is 4.47 Å². The molecule has 0 spiro atoms. The third-order valence-corrected chi connectivity index (χ3v) is 4.07. The monoisotopic (exact) mass is 361 g/mol. The van der Waals surface area contributed by atoms with E-state index in [1.165, 1.54) is 0 Å². The third-order valence-electron chi connectivity index (χ3n) is 3.45. The molecule has 0 aromatic heterocycles. The molecular weight excluding hydrogens is 342 g/mol. The zero-order valence-electron chi connectivity index (χ0n) is 13.1. The first-order chi connectivity index (χ1) is 10.5. The van der Waals surface area contributed by atoms with E-state index in [1.54, 1.807) is 0 Å². The number of carbonyl (C=O) groups excluding carboxylic acids is 1. The second-order valence-corrected chi connectivity index (χ2v) is 6.09. The van der Waals surface area contributed by atoms with E-state index in [-0.39, 0.29) is 12.5 Å². The van der Waals surface area contributed by atoms with Gasteiger partial charge in [0.2, 0.25) is 0 Å². The number of nitrogens with one attached hydrogen (secondary N) is 1. The fraction of sp³-hybridized carbons (Fsp3) is 0.278. The summed E-state index contributed by atoms with van der Waals surface area (Å²) in [7, 11) is 0. The summed E-state index contributed by atoms with van der Waals surface area (Å²) < 4.78 is 6.43. The average Bonchev–Trinajstić information content (AvgIpc) is 2.48. The van der Waals surface area contributed by atoms with Crippen LogP contribution in [0.4, 0.5) is 5.69 Å². The number of hydrogen-bond acceptors (Lipinski definition) is 2. The molecule has 0 saturated carbocycles. The van der Waals surface area contributed by atoms with E-state index in [0.29, 0.717) is 5.75 Å². The molecule has 2 aromatic carbocycles. The van der Waals surface area contributed by atoms with Crippen LogP contribution in [-0.4, -0.2) is 12.5 Å². The van der Waals surface area contributed by atoms with Crippen LogP contribution in [0.3, 0.4) is 0 Å². The number of aryl methyl sites for hydroxylation is 3. The number of para-hydroxylation sites is 1. The largest absolute Gasteiger partial charge is 0.483 e. The molecule has 0 atom stereocenters. The molecule has 0 bridgehead atoms. The number of carbonyl (C=O) groups is 1. The third kappa shape index (κ3) is 4.10. The Morgan fingerprint density at radius 3 is 2.68 bits per heavy atom. The number of halogens is 1. The fourth-order valence-corrected chi connectivity index (χ4v) is 2.85. The first kappa shape index (κ1) is 16.6. The van der Waals surface area contributed by atoms with Gasteiger partial charge in [-0.2, -0.15) is 0 Å². The van der Waals surface area contributed by atoms with Crippen LogP contribution in [0, 0.1) is 13.8 Å². The molecule has 0 saturated heterocycles. The van der Waals surface area contributed by atoms with E-state index in [2.05, 4.69) is 28.2 Å². The van der Waals surface area contributed by atoms with E-state index in [0.717, 1.165) is 33.3 Å². The Kier molecular flexibility index (Phi) is 5.61. The topological polar surface area (TPSA) is 38.3 Å². The van der Waals surface area contributed by atoms with Crippen LogP contribution in [-0.2, 0) is 11.2 Å². The molecule has 116 valence electrons. The van der Waals surface area contributed by atoms with Crippen LogP contribution >= 0.6 is 15.9 Å². The molecule has 0 heterocycles. The van der Waals surface area contributed by atoms with Crippen molar-refractivity contribution in [1.82, 2.24) is 0 Å².